The number of fused-ring (bicyclic) bond motifs is 1. The highest BCUT2D eigenvalue weighted by Gasteiger charge is 2.12. The fourth-order valence-electron chi connectivity index (χ4n) is 2.08. The smallest absolute Gasteiger partial charge is 0.220 e. The molecular weight excluding hydrogens is 268 g/mol. The zero-order valence-corrected chi connectivity index (χ0v) is 12.9. The second-order valence-corrected chi connectivity index (χ2v) is 6.79. The van der Waals surface area contributed by atoms with Gasteiger partial charge in [0, 0.05) is 23.2 Å². The van der Waals surface area contributed by atoms with Gasteiger partial charge in [0.2, 0.25) is 5.91 Å². The molecule has 108 valence electrons. The fourth-order valence-corrected chi connectivity index (χ4v) is 3.08. The first kappa shape index (κ1) is 15.0. The molecule has 2 aromatic rings. The van der Waals surface area contributed by atoms with Crippen LogP contribution in [-0.2, 0) is 11.2 Å². The van der Waals surface area contributed by atoms with Gasteiger partial charge in [-0.3, -0.25) is 4.79 Å². The quantitative estimate of drug-likeness (QED) is 0.859. The summed E-state index contributed by atoms with van der Waals surface area (Å²) in [5, 5.41) is 6.40. The summed E-state index contributed by atoms with van der Waals surface area (Å²) in [4.78, 5) is 11.7. The van der Waals surface area contributed by atoms with E-state index in [1.807, 2.05) is 13.8 Å². The Bertz CT molecular complexity index is 583. The van der Waals surface area contributed by atoms with Crippen molar-refractivity contribution >= 4 is 27.3 Å². The van der Waals surface area contributed by atoms with E-state index in [0.29, 0.717) is 13.0 Å². The van der Waals surface area contributed by atoms with E-state index in [1.54, 1.807) is 11.3 Å². The van der Waals surface area contributed by atoms with Crippen molar-refractivity contribution in [1.82, 2.24) is 5.32 Å². The Morgan fingerprint density at radius 2 is 2.10 bits per heavy atom. The maximum Gasteiger partial charge on any atom is 0.220 e. The molecule has 0 fully saturated rings. The third-order valence-electron chi connectivity index (χ3n) is 3.15. The van der Waals surface area contributed by atoms with E-state index in [-0.39, 0.29) is 11.4 Å². The minimum Gasteiger partial charge on any atom is -0.354 e. The molecule has 0 aliphatic carbocycles. The second-order valence-electron chi connectivity index (χ2n) is 5.88. The first-order valence-electron chi connectivity index (χ1n) is 6.96. The van der Waals surface area contributed by atoms with Crippen molar-refractivity contribution in [3.63, 3.8) is 0 Å². The second kappa shape index (κ2) is 6.37. The number of nitrogens with one attached hydrogen (secondary N) is 1. The van der Waals surface area contributed by atoms with Crippen LogP contribution in [0, 0.1) is 0 Å². The predicted molar refractivity (Wildman–Crippen MR) is 86.0 cm³/mol. The van der Waals surface area contributed by atoms with Crippen molar-refractivity contribution in [2.45, 2.75) is 38.6 Å². The van der Waals surface area contributed by atoms with E-state index in [1.165, 1.54) is 15.6 Å². The highest BCUT2D eigenvalue weighted by molar-refractivity contribution is 7.17. The Kier molecular flexibility index (Phi) is 4.78. The van der Waals surface area contributed by atoms with Crippen LogP contribution in [-0.4, -0.2) is 18.0 Å². The Morgan fingerprint density at radius 3 is 2.85 bits per heavy atom. The van der Waals surface area contributed by atoms with Crippen molar-refractivity contribution < 1.29 is 4.79 Å². The van der Waals surface area contributed by atoms with Crippen LogP contribution in [0.3, 0.4) is 0 Å². The van der Waals surface area contributed by atoms with E-state index < -0.39 is 0 Å². The molecular formula is C16H22N2OS. The minimum absolute atomic E-state index is 0.0862. The average molecular weight is 290 g/mol. The highest BCUT2D eigenvalue weighted by atomic mass is 32.1. The molecule has 3 nitrogen and oxygen atoms in total. The number of carbonyl (C=O) groups is 1. The summed E-state index contributed by atoms with van der Waals surface area (Å²) in [7, 11) is 0. The number of hydrogen-bond acceptors (Lipinski definition) is 3. The largest absolute Gasteiger partial charge is 0.354 e. The van der Waals surface area contributed by atoms with Gasteiger partial charge in [0.15, 0.2) is 0 Å². The molecule has 1 amide bonds. The van der Waals surface area contributed by atoms with E-state index in [0.717, 1.165) is 12.8 Å². The molecule has 0 bridgehead atoms. The van der Waals surface area contributed by atoms with Gasteiger partial charge in [-0.25, -0.2) is 0 Å². The Morgan fingerprint density at radius 1 is 1.35 bits per heavy atom. The molecule has 3 N–H and O–H groups in total. The maximum atomic E-state index is 11.7. The lowest BCUT2D eigenvalue weighted by Gasteiger charge is -2.18. The Balaban J connectivity index is 1.80. The van der Waals surface area contributed by atoms with E-state index in [9.17, 15) is 4.79 Å². The van der Waals surface area contributed by atoms with Gasteiger partial charge in [0.1, 0.15) is 0 Å². The molecule has 0 atom stereocenters. The van der Waals surface area contributed by atoms with Crippen LogP contribution in [0.4, 0.5) is 0 Å². The predicted octanol–water partition coefficient (Wildman–Crippen LogP) is 3.08. The number of benzene rings is 1. The topological polar surface area (TPSA) is 55.1 Å². The third-order valence-corrected chi connectivity index (χ3v) is 4.16. The van der Waals surface area contributed by atoms with Gasteiger partial charge < -0.3 is 11.1 Å². The molecule has 0 saturated carbocycles. The van der Waals surface area contributed by atoms with Crippen LogP contribution >= 0.6 is 11.3 Å². The number of rotatable bonds is 6. The standard InChI is InChI=1S/C16H22N2OS/c1-16(2,17)11-18-15(19)9-5-6-12-10-20-14-8-4-3-7-13(12)14/h3-4,7-8,10H,5-6,9,11,17H2,1-2H3,(H,18,19). The molecule has 2 rings (SSSR count). The van der Waals surface area contributed by atoms with Crippen LogP contribution in [0.2, 0.25) is 0 Å². The maximum absolute atomic E-state index is 11.7. The lowest BCUT2D eigenvalue weighted by molar-refractivity contribution is -0.121. The summed E-state index contributed by atoms with van der Waals surface area (Å²) in [5.41, 5.74) is 6.84. The van der Waals surface area contributed by atoms with Gasteiger partial charge in [0.05, 0.1) is 0 Å². The monoisotopic (exact) mass is 290 g/mol. The summed E-state index contributed by atoms with van der Waals surface area (Å²) in [6.07, 6.45) is 2.38. The van der Waals surface area contributed by atoms with Gasteiger partial charge in [-0.05, 0) is 49.1 Å². The first-order valence-corrected chi connectivity index (χ1v) is 7.84. The van der Waals surface area contributed by atoms with Gasteiger partial charge in [0.25, 0.3) is 0 Å². The normalized spacial score (nSPS) is 11.8. The van der Waals surface area contributed by atoms with Gasteiger partial charge in [-0.15, -0.1) is 11.3 Å². The number of thiophene rings is 1. The summed E-state index contributed by atoms with van der Waals surface area (Å²) >= 11 is 1.77. The number of amides is 1. The van der Waals surface area contributed by atoms with Crippen LogP contribution in [0.1, 0.15) is 32.3 Å². The summed E-state index contributed by atoms with van der Waals surface area (Å²) in [6.45, 7) is 4.34. The zero-order valence-electron chi connectivity index (χ0n) is 12.1. The molecule has 0 saturated heterocycles. The molecule has 0 unspecified atom stereocenters. The fraction of sp³-hybridized carbons (Fsp3) is 0.438. The molecule has 0 spiro atoms. The minimum atomic E-state index is -0.348. The molecule has 1 heterocycles. The molecule has 0 aliphatic heterocycles. The van der Waals surface area contributed by atoms with Crippen molar-refractivity contribution in [2.24, 2.45) is 5.73 Å². The number of nitrogens with two attached hydrogens (primary N) is 1. The van der Waals surface area contributed by atoms with E-state index >= 15 is 0 Å². The van der Waals surface area contributed by atoms with Gasteiger partial charge in [-0.2, -0.15) is 0 Å². The summed E-state index contributed by atoms with van der Waals surface area (Å²) < 4.78 is 1.32. The summed E-state index contributed by atoms with van der Waals surface area (Å²) in [5.74, 6) is 0.0862. The molecule has 1 aromatic heterocycles. The van der Waals surface area contributed by atoms with Crippen LogP contribution in [0.15, 0.2) is 29.6 Å². The first-order chi connectivity index (χ1) is 9.46. The molecule has 1 aromatic carbocycles. The number of hydrogen-bond donors (Lipinski definition) is 2. The van der Waals surface area contributed by atoms with Crippen LogP contribution < -0.4 is 11.1 Å². The van der Waals surface area contributed by atoms with Crippen LogP contribution in [0.5, 0.6) is 0 Å². The number of aryl methyl sites for hydroxylation is 1. The van der Waals surface area contributed by atoms with Crippen LogP contribution in [0.25, 0.3) is 10.1 Å². The lowest BCUT2D eigenvalue weighted by atomic mass is 10.1. The third kappa shape index (κ3) is 4.32. The van der Waals surface area contributed by atoms with Gasteiger partial charge >= 0.3 is 0 Å². The molecule has 0 aliphatic rings. The average Bonchev–Trinajstić information content (AvgIpc) is 2.79. The van der Waals surface area contributed by atoms with Crippen molar-refractivity contribution in [3.05, 3.63) is 35.2 Å². The SMILES string of the molecule is CC(C)(N)CNC(=O)CCCc1csc2ccccc12. The number of carbonyl (C=O) groups excluding carboxylic acids is 1. The van der Waals surface area contributed by atoms with E-state index in [4.69, 9.17) is 5.73 Å². The van der Waals surface area contributed by atoms with Crippen molar-refractivity contribution in [3.8, 4) is 0 Å². The molecule has 4 heteroatoms. The van der Waals surface area contributed by atoms with Gasteiger partial charge in [-0.1, -0.05) is 18.2 Å². The lowest BCUT2D eigenvalue weighted by Crippen LogP contribution is -2.45. The van der Waals surface area contributed by atoms with E-state index in [2.05, 4.69) is 35.0 Å². The molecule has 20 heavy (non-hydrogen) atoms. The molecule has 0 radical (unpaired) electrons. The Hall–Kier alpha value is -1.39. The van der Waals surface area contributed by atoms with Crippen molar-refractivity contribution in [1.29, 1.82) is 0 Å². The Labute approximate surface area is 124 Å². The zero-order chi connectivity index (χ0) is 14.6. The summed E-state index contributed by atoms with van der Waals surface area (Å²) in [6, 6.07) is 8.41. The van der Waals surface area contributed by atoms with Crippen molar-refractivity contribution in [2.75, 3.05) is 6.54 Å². The highest BCUT2D eigenvalue weighted by Crippen LogP contribution is 2.26.